The molecule has 0 unspecified atom stereocenters. The molecular weight excluding hydrogens is 632 g/mol. The topological polar surface area (TPSA) is 151 Å². The molecule has 50 heavy (non-hydrogen) atoms. The van der Waals surface area contributed by atoms with E-state index in [-0.39, 0.29) is 11.8 Å². The number of aliphatic hydroxyl groups excluding tert-OH is 1. The van der Waals surface area contributed by atoms with Gasteiger partial charge in [-0.2, -0.15) is 0 Å². The molecule has 264 valence electrons. The van der Waals surface area contributed by atoms with Gasteiger partial charge >= 0.3 is 5.97 Å². The van der Waals surface area contributed by atoms with Crippen LogP contribution >= 0.6 is 0 Å². The van der Waals surface area contributed by atoms with Crippen molar-refractivity contribution in [2.24, 2.45) is 0 Å². The van der Waals surface area contributed by atoms with Gasteiger partial charge in [-0.25, -0.2) is 14.8 Å². The summed E-state index contributed by atoms with van der Waals surface area (Å²) in [6.07, 6.45) is 9.58. The molecule has 4 N–H and O–H groups in total. The summed E-state index contributed by atoms with van der Waals surface area (Å²) in [5, 5.41) is 23.9. The highest BCUT2D eigenvalue weighted by molar-refractivity contribution is 5.98. The SMILES string of the molecule is CCCCCCCOc1ccc(-c2cnc(-c3ccc(C[C@H](NC(=O)c4ccc(C(C)(C)C)cc4)C(=O)N[C@@H](CO)C(=O)O)cc3)nc2)cc1. The van der Waals surface area contributed by atoms with E-state index in [1.165, 1.54) is 25.7 Å². The Balaban J connectivity index is 1.41. The van der Waals surface area contributed by atoms with E-state index in [1.54, 1.807) is 36.7 Å². The van der Waals surface area contributed by atoms with E-state index in [1.807, 2.05) is 48.5 Å². The van der Waals surface area contributed by atoms with Crippen LogP contribution in [0, 0.1) is 0 Å². The summed E-state index contributed by atoms with van der Waals surface area (Å²) in [5.74, 6) is -1.22. The molecule has 2 amide bonds. The van der Waals surface area contributed by atoms with Crippen LogP contribution < -0.4 is 15.4 Å². The van der Waals surface area contributed by atoms with Gasteiger partial charge in [-0.15, -0.1) is 0 Å². The molecule has 2 atom stereocenters. The van der Waals surface area contributed by atoms with Crippen molar-refractivity contribution in [3.63, 3.8) is 0 Å². The van der Waals surface area contributed by atoms with Gasteiger partial charge in [0.05, 0.1) is 13.2 Å². The number of aromatic nitrogens is 2. The monoisotopic (exact) mass is 680 g/mol. The molecule has 1 heterocycles. The fraction of sp³-hybridized carbons (Fsp3) is 0.375. The third-order valence-electron chi connectivity index (χ3n) is 8.44. The number of nitrogens with zero attached hydrogens (tertiary/aromatic N) is 2. The number of carbonyl (C=O) groups is 3. The average Bonchev–Trinajstić information content (AvgIpc) is 3.12. The van der Waals surface area contributed by atoms with Crippen LogP contribution in [0.4, 0.5) is 0 Å². The van der Waals surface area contributed by atoms with Crippen molar-refractivity contribution in [2.45, 2.75) is 83.7 Å². The largest absolute Gasteiger partial charge is 0.494 e. The third-order valence-corrected chi connectivity index (χ3v) is 8.44. The number of rotatable bonds is 17. The van der Waals surface area contributed by atoms with Crippen molar-refractivity contribution in [3.8, 4) is 28.3 Å². The molecule has 10 nitrogen and oxygen atoms in total. The van der Waals surface area contributed by atoms with Crippen molar-refractivity contribution in [1.29, 1.82) is 0 Å². The molecule has 3 aromatic carbocycles. The maximum atomic E-state index is 13.2. The van der Waals surface area contributed by atoms with Crippen LogP contribution in [0.5, 0.6) is 5.75 Å². The standard InChI is InChI=1S/C40H48N4O6/c1-5-6-7-8-9-22-50-33-20-16-28(17-21-33)31-24-41-36(42-25-31)29-12-10-27(11-13-29)23-34(38(47)44-35(26-45)39(48)49)43-37(46)30-14-18-32(19-15-30)40(2,3)4/h10-21,24-25,34-35,45H,5-9,22-23,26H2,1-4H3,(H,43,46)(H,44,47)(H,48,49)/t34-,35-/m0/s1. The van der Waals surface area contributed by atoms with Gasteiger partial charge < -0.3 is 25.6 Å². The quantitative estimate of drug-likeness (QED) is 0.0941. The molecule has 0 saturated heterocycles. The lowest BCUT2D eigenvalue weighted by Crippen LogP contribution is -2.53. The highest BCUT2D eigenvalue weighted by atomic mass is 16.5. The van der Waals surface area contributed by atoms with E-state index in [9.17, 15) is 24.6 Å². The van der Waals surface area contributed by atoms with Gasteiger partial charge in [0.25, 0.3) is 5.91 Å². The fourth-order valence-electron chi connectivity index (χ4n) is 5.32. The number of unbranched alkanes of at least 4 members (excludes halogenated alkanes) is 4. The van der Waals surface area contributed by atoms with Crippen molar-refractivity contribution in [2.75, 3.05) is 13.2 Å². The van der Waals surface area contributed by atoms with Crippen LogP contribution in [0.25, 0.3) is 22.5 Å². The fourth-order valence-corrected chi connectivity index (χ4v) is 5.32. The molecule has 4 rings (SSSR count). The molecule has 0 bridgehead atoms. The Bertz CT molecular complexity index is 1680. The molecule has 0 aliphatic carbocycles. The molecule has 0 spiro atoms. The molecule has 0 aliphatic heterocycles. The number of aliphatic hydroxyl groups is 1. The predicted molar refractivity (Wildman–Crippen MR) is 194 cm³/mol. The Kier molecular flexibility index (Phi) is 13.6. The Labute approximate surface area is 294 Å². The molecule has 0 radical (unpaired) electrons. The van der Waals surface area contributed by atoms with Crippen LogP contribution in [0.15, 0.2) is 85.2 Å². The third kappa shape index (κ3) is 11.0. The summed E-state index contributed by atoms with van der Waals surface area (Å²) in [5.41, 5.74) is 4.65. The predicted octanol–water partition coefficient (Wildman–Crippen LogP) is 6.36. The first kappa shape index (κ1) is 37.7. The first-order chi connectivity index (χ1) is 24.0. The lowest BCUT2D eigenvalue weighted by Gasteiger charge is -2.22. The molecular formula is C40H48N4O6. The smallest absolute Gasteiger partial charge is 0.328 e. The van der Waals surface area contributed by atoms with Gasteiger partial charge in [-0.1, -0.05) is 102 Å². The Morgan fingerprint density at radius 1 is 0.760 bits per heavy atom. The van der Waals surface area contributed by atoms with Crippen molar-refractivity contribution < 1.29 is 29.3 Å². The summed E-state index contributed by atoms with van der Waals surface area (Å²) in [6, 6.07) is 19.7. The number of amides is 2. The summed E-state index contributed by atoms with van der Waals surface area (Å²) in [7, 11) is 0. The van der Waals surface area contributed by atoms with Crippen molar-refractivity contribution in [3.05, 3.63) is 102 Å². The lowest BCUT2D eigenvalue weighted by atomic mass is 9.86. The number of hydrogen-bond donors (Lipinski definition) is 4. The zero-order valence-corrected chi connectivity index (χ0v) is 29.3. The van der Waals surface area contributed by atoms with Crippen molar-refractivity contribution in [1.82, 2.24) is 20.6 Å². The van der Waals surface area contributed by atoms with Gasteiger partial charge in [0.2, 0.25) is 5.91 Å². The van der Waals surface area contributed by atoms with E-state index in [0.29, 0.717) is 23.6 Å². The molecule has 4 aromatic rings. The van der Waals surface area contributed by atoms with Crippen LogP contribution in [-0.4, -0.2) is 63.3 Å². The number of carbonyl (C=O) groups excluding carboxylic acids is 2. The zero-order valence-electron chi connectivity index (χ0n) is 29.3. The second-order valence-corrected chi connectivity index (χ2v) is 13.4. The number of carboxylic acid groups (broad SMARTS) is 1. The maximum Gasteiger partial charge on any atom is 0.328 e. The Morgan fingerprint density at radius 2 is 1.38 bits per heavy atom. The summed E-state index contributed by atoms with van der Waals surface area (Å²) in [4.78, 5) is 47.0. The van der Waals surface area contributed by atoms with Gasteiger partial charge in [0.1, 0.15) is 17.8 Å². The highest BCUT2D eigenvalue weighted by Gasteiger charge is 2.27. The summed E-state index contributed by atoms with van der Waals surface area (Å²) < 4.78 is 5.88. The molecule has 1 aromatic heterocycles. The number of aliphatic carboxylic acids is 1. The van der Waals surface area contributed by atoms with Gasteiger partial charge in [-0.05, 0) is 52.8 Å². The first-order valence-corrected chi connectivity index (χ1v) is 17.2. The summed E-state index contributed by atoms with van der Waals surface area (Å²) >= 11 is 0. The number of benzene rings is 3. The van der Waals surface area contributed by atoms with Crippen LogP contribution in [0.2, 0.25) is 0 Å². The average molecular weight is 681 g/mol. The van der Waals surface area contributed by atoms with E-state index in [2.05, 4.69) is 48.3 Å². The van der Waals surface area contributed by atoms with Gasteiger partial charge in [0.15, 0.2) is 5.82 Å². The minimum atomic E-state index is -1.51. The zero-order chi connectivity index (χ0) is 36.1. The lowest BCUT2D eigenvalue weighted by molar-refractivity contribution is -0.143. The second kappa shape index (κ2) is 18.1. The van der Waals surface area contributed by atoms with Crippen LogP contribution in [0.3, 0.4) is 0 Å². The van der Waals surface area contributed by atoms with E-state index in [4.69, 9.17) is 4.74 Å². The van der Waals surface area contributed by atoms with Crippen molar-refractivity contribution >= 4 is 17.8 Å². The molecule has 0 aliphatic rings. The normalized spacial score (nSPS) is 12.5. The number of ether oxygens (including phenoxy) is 1. The highest BCUT2D eigenvalue weighted by Crippen LogP contribution is 2.24. The van der Waals surface area contributed by atoms with E-state index >= 15 is 0 Å². The van der Waals surface area contributed by atoms with Gasteiger partial charge in [-0.3, -0.25) is 9.59 Å². The Hall–Kier alpha value is -5.09. The van der Waals surface area contributed by atoms with Gasteiger partial charge in [0, 0.05) is 35.5 Å². The number of hydrogen-bond acceptors (Lipinski definition) is 7. The maximum absolute atomic E-state index is 13.2. The minimum Gasteiger partial charge on any atom is -0.494 e. The molecule has 0 fully saturated rings. The van der Waals surface area contributed by atoms with Crippen LogP contribution in [0.1, 0.15) is 81.3 Å². The molecule has 0 saturated carbocycles. The minimum absolute atomic E-state index is 0.0774. The van der Waals surface area contributed by atoms with E-state index in [0.717, 1.165) is 34.4 Å². The Morgan fingerprint density at radius 3 is 1.96 bits per heavy atom. The molecule has 10 heteroatoms. The first-order valence-electron chi connectivity index (χ1n) is 17.2. The summed E-state index contributed by atoms with van der Waals surface area (Å²) in [6.45, 7) is 8.34. The van der Waals surface area contributed by atoms with E-state index < -0.39 is 36.5 Å². The number of carboxylic acids is 1. The second-order valence-electron chi connectivity index (χ2n) is 13.4. The van der Waals surface area contributed by atoms with Crippen LogP contribution in [-0.2, 0) is 21.4 Å². The number of nitrogens with one attached hydrogen (secondary N) is 2.